The third-order valence-electron chi connectivity index (χ3n) is 2.37. The van der Waals surface area contributed by atoms with Crippen LogP contribution in [-0.4, -0.2) is 19.9 Å². The Labute approximate surface area is 82.7 Å². The van der Waals surface area contributed by atoms with E-state index in [0.29, 0.717) is 6.42 Å². The van der Waals surface area contributed by atoms with Crippen LogP contribution in [0.15, 0.2) is 24.3 Å². The molecule has 0 spiro atoms. The third kappa shape index (κ3) is 1.80. The van der Waals surface area contributed by atoms with E-state index in [-0.39, 0.29) is 11.1 Å². The molecule has 0 N–H and O–H groups in total. The van der Waals surface area contributed by atoms with Crippen LogP contribution in [0.3, 0.4) is 0 Å². The van der Waals surface area contributed by atoms with E-state index >= 15 is 0 Å². The molecule has 75 valence electrons. The molecule has 14 heavy (non-hydrogen) atoms. The summed E-state index contributed by atoms with van der Waals surface area (Å²) in [5.74, 6) is 0.596. The van der Waals surface area contributed by atoms with Crippen LogP contribution in [0, 0.1) is 11.7 Å². The van der Waals surface area contributed by atoms with E-state index in [1.54, 1.807) is 12.1 Å². The highest BCUT2D eigenvalue weighted by atomic mass is 32.2. The van der Waals surface area contributed by atoms with Crippen LogP contribution < -0.4 is 0 Å². The summed E-state index contributed by atoms with van der Waals surface area (Å²) >= 11 is 0. The molecule has 2 rings (SSSR count). The van der Waals surface area contributed by atoms with Crippen molar-refractivity contribution in [3.8, 4) is 0 Å². The van der Waals surface area contributed by atoms with Crippen molar-refractivity contribution >= 4 is 9.84 Å². The summed E-state index contributed by atoms with van der Waals surface area (Å²) in [5, 5.41) is -0.340. The molecular formula is C10H10FO2S. The summed E-state index contributed by atoms with van der Waals surface area (Å²) < 4.78 is 34.9. The average molecular weight is 213 g/mol. The monoisotopic (exact) mass is 213 g/mol. The van der Waals surface area contributed by atoms with Gasteiger partial charge in [-0.15, -0.1) is 0 Å². The lowest BCUT2D eigenvalue weighted by atomic mass is 10.1. The summed E-state index contributed by atoms with van der Waals surface area (Å²) in [5.41, 5.74) is 0.835. The molecule has 2 nitrogen and oxygen atoms in total. The Bertz CT molecular complexity index is 436. The molecule has 0 saturated heterocycles. The van der Waals surface area contributed by atoms with Crippen molar-refractivity contribution in [3.63, 3.8) is 0 Å². The number of hydrogen-bond acceptors (Lipinski definition) is 2. The first-order chi connectivity index (χ1) is 6.48. The predicted octanol–water partition coefficient (Wildman–Crippen LogP) is 1.57. The van der Waals surface area contributed by atoms with E-state index in [9.17, 15) is 12.8 Å². The van der Waals surface area contributed by atoms with Crippen molar-refractivity contribution in [2.24, 2.45) is 0 Å². The Balaban J connectivity index is 2.18. The minimum absolute atomic E-state index is 0.300. The average Bonchev–Trinajstić information content (AvgIpc) is 2.83. The largest absolute Gasteiger partial charge is 0.229 e. The van der Waals surface area contributed by atoms with Crippen LogP contribution in [-0.2, 0) is 9.84 Å². The fourth-order valence-corrected chi connectivity index (χ4v) is 2.65. The van der Waals surface area contributed by atoms with Gasteiger partial charge in [-0.1, -0.05) is 12.1 Å². The first-order valence-electron chi connectivity index (χ1n) is 4.29. The van der Waals surface area contributed by atoms with Crippen molar-refractivity contribution < 1.29 is 12.8 Å². The molecule has 1 aromatic carbocycles. The second kappa shape index (κ2) is 3.05. The predicted molar refractivity (Wildman–Crippen MR) is 52.0 cm³/mol. The minimum atomic E-state index is -2.97. The van der Waals surface area contributed by atoms with Gasteiger partial charge in [0, 0.05) is 12.2 Å². The summed E-state index contributed by atoms with van der Waals surface area (Å²) in [4.78, 5) is 0. The van der Waals surface area contributed by atoms with Gasteiger partial charge in [-0.3, -0.25) is 0 Å². The lowest BCUT2D eigenvalue weighted by Crippen LogP contribution is -2.05. The summed E-state index contributed by atoms with van der Waals surface area (Å²) in [6.45, 7) is 0. The van der Waals surface area contributed by atoms with Crippen molar-refractivity contribution in [1.29, 1.82) is 0 Å². The Morgan fingerprint density at radius 2 is 1.86 bits per heavy atom. The van der Waals surface area contributed by atoms with Gasteiger partial charge in [0.05, 0.1) is 5.25 Å². The zero-order valence-electron chi connectivity index (χ0n) is 7.70. The Hall–Kier alpha value is -0.900. The summed E-state index contributed by atoms with van der Waals surface area (Å²) in [6.07, 6.45) is 1.82. The molecule has 0 aliphatic heterocycles. The summed E-state index contributed by atoms with van der Waals surface area (Å²) in [6, 6.07) is 5.94. The molecule has 0 heterocycles. The molecule has 1 fully saturated rings. The zero-order valence-corrected chi connectivity index (χ0v) is 8.51. The molecule has 1 aromatic rings. The topological polar surface area (TPSA) is 34.1 Å². The fraction of sp³-hybridized carbons (Fsp3) is 0.300. The van der Waals surface area contributed by atoms with Crippen LogP contribution in [0.5, 0.6) is 0 Å². The first-order valence-corrected chi connectivity index (χ1v) is 6.24. The van der Waals surface area contributed by atoms with Gasteiger partial charge < -0.3 is 0 Å². The summed E-state index contributed by atoms with van der Waals surface area (Å²) in [7, 11) is -2.97. The number of halogens is 1. The third-order valence-corrected chi connectivity index (χ3v) is 3.85. The second-order valence-electron chi connectivity index (χ2n) is 3.55. The van der Waals surface area contributed by atoms with Gasteiger partial charge in [-0.2, -0.15) is 0 Å². The molecule has 1 unspecified atom stereocenters. The van der Waals surface area contributed by atoms with E-state index in [2.05, 4.69) is 0 Å². The maximum Gasteiger partial charge on any atom is 0.151 e. The highest BCUT2D eigenvalue weighted by molar-refractivity contribution is 7.91. The number of sulfone groups is 1. The molecule has 1 saturated carbocycles. The standard InChI is InChI=1S/C10H10FO2S/c1-14(12,13)10-6-9(10)7-2-4-8(11)5-3-7/h2-5,10H,6H2,1H3. The van der Waals surface area contributed by atoms with Gasteiger partial charge in [0.25, 0.3) is 0 Å². The van der Waals surface area contributed by atoms with Gasteiger partial charge >= 0.3 is 0 Å². The van der Waals surface area contributed by atoms with E-state index in [1.807, 2.05) is 0 Å². The Kier molecular flexibility index (Phi) is 2.10. The van der Waals surface area contributed by atoms with Gasteiger partial charge in [-0.05, 0) is 24.1 Å². The lowest BCUT2D eigenvalue weighted by Gasteiger charge is -1.98. The quantitative estimate of drug-likeness (QED) is 0.747. The van der Waals surface area contributed by atoms with Crippen molar-refractivity contribution in [3.05, 3.63) is 41.6 Å². The van der Waals surface area contributed by atoms with Gasteiger partial charge in [-0.25, -0.2) is 12.8 Å². The lowest BCUT2D eigenvalue weighted by molar-refractivity contribution is 0.601. The number of rotatable bonds is 2. The fourth-order valence-electron chi connectivity index (χ4n) is 1.52. The Morgan fingerprint density at radius 3 is 2.29 bits per heavy atom. The SMILES string of the molecule is CS(=O)(=O)C1C[C]1c1ccc(F)cc1. The molecule has 0 amide bonds. The van der Waals surface area contributed by atoms with Crippen LogP contribution in [0.1, 0.15) is 12.0 Å². The molecular weight excluding hydrogens is 203 g/mol. The molecule has 1 atom stereocenters. The molecule has 0 bridgehead atoms. The van der Waals surface area contributed by atoms with E-state index in [1.165, 1.54) is 18.4 Å². The molecule has 4 heteroatoms. The van der Waals surface area contributed by atoms with Gasteiger partial charge in [0.1, 0.15) is 5.82 Å². The van der Waals surface area contributed by atoms with E-state index in [4.69, 9.17) is 0 Å². The highest BCUT2D eigenvalue weighted by Gasteiger charge is 2.46. The maximum atomic E-state index is 12.6. The van der Waals surface area contributed by atoms with E-state index in [0.717, 1.165) is 11.5 Å². The number of hydrogen-bond donors (Lipinski definition) is 0. The number of benzene rings is 1. The zero-order chi connectivity index (χ0) is 10.3. The molecule has 1 aliphatic rings. The maximum absolute atomic E-state index is 12.6. The minimum Gasteiger partial charge on any atom is -0.229 e. The van der Waals surface area contributed by atoms with E-state index < -0.39 is 9.84 Å². The molecule has 1 radical (unpaired) electrons. The smallest absolute Gasteiger partial charge is 0.151 e. The second-order valence-corrected chi connectivity index (χ2v) is 5.78. The molecule has 0 aromatic heterocycles. The normalized spacial score (nSPS) is 22.3. The van der Waals surface area contributed by atoms with Crippen LogP contribution in [0.2, 0.25) is 0 Å². The van der Waals surface area contributed by atoms with Crippen molar-refractivity contribution in [2.75, 3.05) is 6.26 Å². The van der Waals surface area contributed by atoms with Crippen molar-refractivity contribution in [1.82, 2.24) is 0 Å². The molecule has 1 aliphatic carbocycles. The van der Waals surface area contributed by atoms with Crippen LogP contribution in [0.25, 0.3) is 0 Å². The van der Waals surface area contributed by atoms with Gasteiger partial charge in [0.2, 0.25) is 0 Å². The van der Waals surface area contributed by atoms with Crippen molar-refractivity contribution in [2.45, 2.75) is 11.7 Å². The Morgan fingerprint density at radius 1 is 1.29 bits per heavy atom. The van der Waals surface area contributed by atoms with Crippen LogP contribution >= 0.6 is 0 Å². The van der Waals surface area contributed by atoms with Gasteiger partial charge in [0.15, 0.2) is 9.84 Å². The van der Waals surface area contributed by atoms with Crippen LogP contribution in [0.4, 0.5) is 4.39 Å². The highest BCUT2D eigenvalue weighted by Crippen LogP contribution is 2.44. The first kappa shape index (κ1) is 9.65.